The Morgan fingerprint density at radius 3 is 2.34 bits per heavy atom. The first-order chi connectivity index (χ1) is 14.0. The predicted octanol–water partition coefficient (Wildman–Crippen LogP) is 4.56. The third-order valence-corrected chi connectivity index (χ3v) is 4.77. The van der Waals surface area contributed by atoms with Gasteiger partial charge in [-0.25, -0.2) is 9.78 Å². The number of benzene rings is 3. The number of aromatic carboxylic acids is 1. The van der Waals surface area contributed by atoms with Gasteiger partial charge in [0, 0.05) is 0 Å². The highest BCUT2D eigenvalue weighted by atomic mass is 16.4. The molecular weight excluding hydrogens is 364 g/mol. The van der Waals surface area contributed by atoms with Gasteiger partial charge in [0.25, 0.3) is 5.56 Å². The van der Waals surface area contributed by atoms with Crippen molar-refractivity contribution in [1.82, 2.24) is 9.55 Å². The van der Waals surface area contributed by atoms with E-state index in [0.717, 1.165) is 11.1 Å². The van der Waals surface area contributed by atoms with Crippen LogP contribution in [0.1, 0.15) is 27.3 Å². The lowest BCUT2D eigenvalue weighted by molar-refractivity contribution is 0.0697. The molecule has 5 heteroatoms. The molecule has 0 aliphatic heterocycles. The number of hydrogen-bond donors (Lipinski definition) is 1. The molecule has 0 radical (unpaired) electrons. The van der Waals surface area contributed by atoms with Crippen molar-refractivity contribution >= 4 is 29.0 Å². The quantitative estimate of drug-likeness (QED) is 0.561. The van der Waals surface area contributed by atoms with Crippen molar-refractivity contribution in [2.45, 2.75) is 6.92 Å². The summed E-state index contributed by atoms with van der Waals surface area (Å²) in [6.07, 6.45) is 3.73. The molecule has 1 N–H and O–H groups in total. The van der Waals surface area contributed by atoms with E-state index in [0.29, 0.717) is 22.4 Å². The summed E-state index contributed by atoms with van der Waals surface area (Å²) in [6.45, 7) is 2.02. The third-order valence-electron chi connectivity index (χ3n) is 4.77. The second kappa shape index (κ2) is 7.56. The van der Waals surface area contributed by atoms with Crippen molar-refractivity contribution in [3.8, 4) is 5.69 Å². The standard InChI is InChI=1S/C24H18N2O3/c1-16-6-2-3-7-17(16)12-15-22-25-21-9-5-4-8-20(21)23(27)26(22)19-13-10-18(11-14-19)24(28)29/h2-15H,1H3,(H,28,29)/b15-12+. The summed E-state index contributed by atoms with van der Waals surface area (Å²) >= 11 is 0. The van der Waals surface area contributed by atoms with Gasteiger partial charge in [-0.15, -0.1) is 0 Å². The molecule has 29 heavy (non-hydrogen) atoms. The monoisotopic (exact) mass is 382 g/mol. The molecule has 3 aromatic carbocycles. The minimum atomic E-state index is -1.01. The Hall–Kier alpha value is -3.99. The second-order valence-electron chi connectivity index (χ2n) is 6.67. The Labute approximate surface area is 167 Å². The number of aryl methyl sites for hydroxylation is 1. The van der Waals surface area contributed by atoms with Crippen LogP contribution in [-0.2, 0) is 0 Å². The highest BCUT2D eigenvalue weighted by molar-refractivity contribution is 5.88. The molecule has 5 nitrogen and oxygen atoms in total. The number of hydrogen-bond acceptors (Lipinski definition) is 3. The van der Waals surface area contributed by atoms with Crippen molar-refractivity contribution in [3.05, 3.63) is 106 Å². The van der Waals surface area contributed by atoms with E-state index in [1.54, 1.807) is 36.4 Å². The average Bonchev–Trinajstić information content (AvgIpc) is 2.73. The van der Waals surface area contributed by atoms with E-state index >= 15 is 0 Å². The number of carbonyl (C=O) groups is 1. The molecule has 0 atom stereocenters. The Balaban J connectivity index is 1.92. The van der Waals surface area contributed by atoms with Crippen LogP contribution in [0.25, 0.3) is 28.7 Å². The summed E-state index contributed by atoms with van der Waals surface area (Å²) in [5.41, 5.74) is 3.27. The molecule has 0 unspecified atom stereocenters. The van der Waals surface area contributed by atoms with E-state index < -0.39 is 5.97 Å². The fourth-order valence-corrected chi connectivity index (χ4v) is 3.20. The fraction of sp³-hybridized carbons (Fsp3) is 0.0417. The molecule has 0 aliphatic carbocycles. The zero-order valence-electron chi connectivity index (χ0n) is 15.7. The number of carboxylic acid groups (broad SMARTS) is 1. The second-order valence-corrected chi connectivity index (χ2v) is 6.67. The van der Waals surface area contributed by atoms with E-state index in [1.807, 2.05) is 43.3 Å². The number of carboxylic acids is 1. The molecule has 0 aliphatic rings. The maximum absolute atomic E-state index is 13.2. The number of rotatable bonds is 4. The number of nitrogens with zero attached hydrogens (tertiary/aromatic N) is 2. The molecule has 1 heterocycles. The Kier molecular flexibility index (Phi) is 4.79. The van der Waals surface area contributed by atoms with Gasteiger partial charge in [0.05, 0.1) is 22.2 Å². The first-order valence-electron chi connectivity index (χ1n) is 9.14. The van der Waals surface area contributed by atoms with Crippen LogP contribution in [-0.4, -0.2) is 20.6 Å². The molecule has 0 bridgehead atoms. The van der Waals surface area contributed by atoms with Gasteiger partial charge in [-0.1, -0.05) is 42.5 Å². The number of fused-ring (bicyclic) bond motifs is 1. The van der Waals surface area contributed by atoms with Crippen molar-refractivity contribution in [2.24, 2.45) is 0 Å². The van der Waals surface area contributed by atoms with Crippen LogP contribution in [0.2, 0.25) is 0 Å². The number of para-hydroxylation sites is 1. The summed E-state index contributed by atoms with van der Waals surface area (Å²) in [4.78, 5) is 29.1. The molecule has 0 fully saturated rings. The largest absolute Gasteiger partial charge is 0.478 e. The average molecular weight is 382 g/mol. The van der Waals surface area contributed by atoms with Gasteiger partial charge >= 0.3 is 5.97 Å². The SMILES string of the molecule is Cc1ccccc1/C=C/c1nc2ccccc2c(=O)n1-c1ccc(C(=O)O)cc1. The lowest BCUT2D eigenvalue weighted by Gasteiger charge is -2.12. The van der Waals surface area contributed by atoms with Crippen molar-refractivity contribution < 1.29 is 9.90 Å². The zero-order chi connectivity index (χ0) is 20.4. The summed E-state index contributed by atoms with van der Waals surface area (Å²) in [5.74, 6) is -0.541. The van der Waals surface area contributed by atoms with Crippen molar-refractivity contribution in [1.29, 1.82) is 0 Å². The molecule has 0 amide bonds. The summed E-state index contributed by atoms with van der Waals surface area (Å²) in [7, 11) is 0. The van der Waals surface area contributed by atoms with Gasteiger partial charge in [-0.2, -0.15) is 0 Å². The maximum atomic E-state index is 13.2. The van der Waals surface area contributed by atoms with E-state index in [9.17, 15) is 9.59 Å². The molecule has 0 saturated carbocycles. The van der Waals surface area contributed by atoms with Crippen LogP contribution in [0.5, 0.6) is 0 Å². The molecule has 0 saturated heterocycles. The van der Waals surface area contributed by atoms with Gasteiger partial charge < -0.3 is 5.11 Å². The van der Waals surface area contributed by atoms with Crippen molar-refractivity contribution in [3.63, 3.8) is 0 Å². The first kappa shape index (κ1) is 18.4. The number of aromatic nitrogens is 2. The van der Waals surface area contributed by atoms with Gasteiger partial charge in [-0.05, 0) is 60.5 Å². The lowest BCUT2D eigenvalue weighted by atomic mass is 10.1. The predicted molar refractivity (Wildman–Crippen MR) is 114 cm³/mol. The highest BCUT2D eigenvalue weighted by Crippen LogP contribution is 2.17. The topological polar surface area (TPSA) is 72.2 Å². The Morgan fingerprint density at radius 1 is 0.931 bits per heavy atom. The summed E-state index contributed by atoms with van der Waals surface area (Å²) in [6, 6.07) is 21.3. The van der Waals surface area contributed by atoms with E-state index in [2.05, 4.69) is 4.98 Å². The third kappa shape index (κ3) is 3.58. The van der Waals surface area contributed by atoms with Crippen LogP contribution < -0.4 is 5.56 Å². The molecular formula is C24H18N2O3. The van der Waals surface area contributed by atoms with Crippen LogP contribution in [0.4, 0.5) is 0 Å². The van der Waals surface area contributed by atoms with E-state index in [4.69, 9.17) is 5.11 Å². The smallest absolute Gasteiger partial charge is 0.335 e. The fourth-order valence-electron chi connectivity index (χ4n) is 3.20. The minimum Gasteiger partial charge on any atom is -0.478 e. The molecule has 0 spiro atoms. The molecule has 4 aromatic rings. The summed E-state index contributed by atoms with van der Waals surface area (Å²) < 4.78 is 1.50. The van der Waals surface area contributed by atoms with Gasteiger partial charge in [-0.3, -0.25) is 9.36 Å². The van der Waals surface area contributed by atoms with Gasteiger partial charge in [0.1, 0.15) is 5.82 Å². The minimum absolute atomic E-state index is 0.160. The van der Waals surface area contributed by atoms with Gasteiger partial charge in [0.15, 0.2) is 0 Å². The van der Waals surface area contributed by atoms with Crippen LogP contribution in [0.3, 0.4) is 0 Å². The normalized spacial score (nSPS) is 11.2. The molecule has 4 rings (SSSR count). The Morgan fingerprint density at radius 2 is 1.62 bits per heavy atom. The van der Waals surface area contributed by atoms with Crippen molar-refractivity contribution in [2.75, 3.05) is 0 Å². The molecule has 1 aromatic heterocycles. The van der Waals surface area contributed by atoms with E-state index in [1.165, 1.54) is 16.7 Å². The Bertz CT molecular complexity index is 1300. The first-order valence-corrected chi connectivity index (χ1v) is 9.14. The molecule has 142 valence electrons. The summed E-state index contributed by atoms with van der Waals surface area (Å²) in [5, 5.41) is 9.64. The van der Waals surface area contributed by atoms with Gasteiger partial charge in [0.2, 0.25) is 0 Å². The van der Waals surface area contributed by atoms with Crippen LogP contribution >= 0.6 is 0 Å². The van der Waals surface area contributed by atoms with E-state index in [-0.39, 0.29) is 11.1 Å². The lowest BCUT2D eigenvalue weighted by Crippen LogP contribution is -2.22. The van der Waals surface area contributed by atoms with Crippen LogP contribution in [0.15, 0.2) is 77.6 Å². The maximum Gasteiger partial charge on any atom is 0.335 e. The highest BCUT2D eigenvalue weighted by Gasteiger charge is 2.12. The zero-order valence-corrected chi connectivity index (χ0v) is 15.7. The van der Waals surface area contributed by atoms with Crippen LogP contribution in [0, 0.1) is 6.92 Å².